The molecular weight excluding hydrogens is 434 g/mol. The third kappa shape index (κ3) is 7.17. The number of hydrogen-bond donors (Lipinski definition) is 1. The maximum Gasteiger partial charge on any atom is 0.262 e. The summed E-state index contributed by atoms with van der Waals surface area (Å²) in [4.78, 5) is 30.7. The standard InChI is InChI=1S/C26H33N3O3S/c1-4-32-18-10-17-29-25(31)22-13-8-9-14-23(22)28-26(29)33-20(3)24(30)27-19(2)15-16-21-11-6-5-7-12-21/h5-9,11-14,19-20H,4,10,15-18H2,1-3H3,(H,27,30). The van der Waals surface area contributed by atoms with Gasteiger partial charge in [0.25, 0.3) is 5.56 Å². The number of nitrogens with one attached hydrogen (secondary N) is 1. The summed E-state index contributed by atoms with van der Waals surface area (Å²) in [6.07, 6.45) is 2.48. The average Bonchev–Trinajstić information content (AvgIpc) is 2.82. The largest absolute Gasteiger partial charge is 0.382 e. The monoisotopic (exact) mass is 467 g/mol. The second-order valence-corrected chi connectivity index (χ2v) is 9.42. The average molecular weight is 468 g/mol. The first-order valence-electron chi connectivity index (χ1n) is 11.6. The number of aryl methyl sites for hydroxylation is 1. The molecular formula is C26H33N3O3S. The zero-order chi connectivity index (χ0) is 23.6. The van der Waals surface area contributed by atoms with E-state index in [-0.39, 0.29) is 22.8 Å². The molecule has 0 fully saturated rings. The molecule has 0 saturated heterocycles. The summed E-state index contributed by atoms with van der Waals surface area (Å²) in [6.45, 7) is 7.56. The van der Waals surface area contributed by atoms with Crippen molar-refractivity contribution in [3.05, 3.63) is 70.5 Å². The number of thioether (sulfide) groups is 1. The van der Waals surface area contributed by atoms with Crippen molar-refractivity contribution in [2.45, 2.75) is 63.0 Å². The summed E-state index contributed by atoms with van der Waals surface area (Å²) in [7, 11) is 0. The molecule has 6 nitrogen and oxygen atoms in total. The molecule has 1 N–H and O–H groups in total. The number of amides is 1. The first-order valence-corrected chi connectivity index (χ1v) is 12.5. The molecule has 1 aromatic heterocycles. The van der Waals surface area contributed by atoms with Crippen molar-refractivity contribution >= 4 is 28.6 Å². The molecule has 0 bridgehead atoms. The van der Waals surface area contributed by atoms with E-state index in [0.717, 1.165) is 12.8 Å². The van der Waals surface area contributed by atoms with Gasteiger partial charge in [-0.1, -0.05) is 54.2 Å². The molecule has 0 aliphatic carbocycles. The number of benzene rings is 2. The van der Waals surface area contributed by atoms with Crippen LogP contribution in [0.4, 0.5) is 0 Å². The highest BCUT2D eigenvalue weighted by atomic mass is 32.2. The van der Waals surface area contributed by atoms with Crippen molar-refractivity contribution in [2.24, 2.45) is 0 Å². The molecule has 0 saturated carbocycles. The Morgan fingerprint density at radius 2 is 1.85 bits per heavy atom. The normalized spacial score (nSPS) is 13.1. The van der Waals surface area contributed by atoms with Gasteiger partial charge in [-0.3, -0.25) is 14.2 Å². The quantitative estimate of drug-likeness (QED) is 0.242. The number of hydrogen-bond acceptors (Lipinski definition) is 5. The minimum absolute atomic E-state index is 0.0520. The van der Waals surface area contributed by atoms with E-state index in [9.17, 15) is 9.59 Å². The van der Waals surface area contributed by atoms with Crippen molar-refractivity contribution in [2.75, 3.05) is 13.2 Å². The van der Waals surface area contributed by atoms with Crippen LogP contribution < -0.4 is 10.9 Å². The van der Waals surface area contributed by atoms with Crippen molar-refractivity contribution in [1.29, 1.82) is 0 Å². The van der Waals surface area contributed by atoms with Crippen LogP contribution in [0.5, 0.6) is 0 Å². The van der Waals surface area contributed by atoms with E-state index in [4.69, 9.17) is 9.72 Å². The molecule has 176 valence electrons. The van der Waals surface area contributed by atoms with E-state index in [1.54, 1.807) is 10.6 Å². The zero-order valence-corrected chi connectivity index (χ0v) is 20.4. The van der Waals surface area contributed by atoms with Gasteiger partial charge in [0.2, 0.25) is 5.91 Å². The molecule has 7 heteroatoms. The lowest BCUT2D eigenvalue weighted by molar-refractivity contribution is -0.120. The molecule has 0 spiro atoms. The Morgan fingerprint density at radius 1 is 1.12 bits per heavy atom. The van der Waals surface area contributed by atoms with Crippen LogP contribution in [-0.4, -0.2) is 40.0 Å². The molecule has 0 aliphatic rings. The predicted molar refractivity (Wildman–Crippen MR) is 135 cm³/mol. The Bertz CT molecular complexity index is 1100. The number of ether oxygens (including phenoxy) is 1. The summed E-state index contributed by atoms with van der Waals surface area (Å²) in [5, 5.41) is 3.88. The number of rotatable bonds is 12. The van der Waals surface area contributed by atoms with Crippen LogP contribution in [-0.2, 0) is 22.5 Å². The summed E-state index contributed by atoms with van der Waals surface area (Å²) >= 11 is 1.33. The van der Waals surface area contributed by atoms with E-state index in [1.165, 1.54) is 17.3 Å². The van der Waals surface area contributed by atoms with E-state index >= 15 is 0 Å². The summed E-state index contributed by atoms with van der Waals surface area (Å²) in [6, 6.07) is 17.7. The lowest BCUT2D eigenvalue weighted by Gasteiger charge is -2.19. The van der Waals surface area contributed by atoms with Gasteiger partial charge in [0, 0.05) is 25.8 Å². The number of nitrogens with zero attached hydrogens (tertiary/aromatic N) is 2. The molecule has 1 amide bonds. The maximum absolute atomic E-state index is 13.1. The number of carbonyl (C=O) groups is 1. The van der Waals surface area contributed by atoms with Gasteiger partial charge in [-0.25, -0.2) is 4.98 Å². The van der Waals surface area contributed by atoms with Crippen LogP contribution in [0.2, 0.25) is 0 Å². The second-order valence-electron chi connectivity index (χ2n) is 8.11. The Balaban J connectivity index is 1.68. The molecule has 2 aromatic carbocycles. The van der Waals surface area contributed by atoms with Crippen LogP contribution in [0.25, 0.3) is 10.9 Å². The minimum Gasteiger partial charge on any atom is -0.382 e. The van der Waals surface area contributed by atoms with E-state index in [1.807, 2.05) is 57.2 Å². The van der Waals surface area contributed by atoms with Crippen LogP contribution in [0.3, 0.4) is 0 Å². The van der Waals surface area contributed by atoms with Gasteiger partial charge in [-0.15, -0.1) is 0 Å². The predicted octanol–water partition coefficient (Wildman–Crippen LogP) is 4.44. The van der Waals surface area contributed by atoms with Crippen molar-refractivity contribution in [1.82, 2.24) is 14.9 Å². The fourth-order valence-corrected chi connectivity index (χ4v) is 4.52. The van der Waals surface area contributed by atoms with E-state index in [2.05, 4.69) is 17.4 Å². The molecule has 0 radical (unpaired) electrons. The topological polar surface area (TPSA) is 73.2 Å². The lowest BCUT2D eigenvalue weighted by Crippen LogP contribution is -2.38. The van der Waals surface area contributed by atoms with Gasteiger partial charge in [0.1, 0.15) is 0 Å². The smallest absolute Gasteiger partial charge is 0.262 e. The van der Waals surface area contributed by atoms with Crippen molar-refractivity contribution in [3.8, 4) is 0 Å². The molecule has 3 rings (SSSR count). The van der Waals surface area contributed by atoms with E-state index in [0.29, 0.717) is 42.2 Å². The highest BCUT2D eigenvalue weighted by Crippen LogP contribution is 2.23. The number of aromatic nitrogens is 2. The fourth-order valence-electron chi connectivity index (χ4n) is 3.58. The van der Waals surface area contributed by atoms with Crippen molar-refractivity contribution < 1.29 is 9.53 Å². The Kier molecular flexibility index (Phi) is 9.51. The van der Waals surface area contributed by atoms with Gasteiger partial charge < -0.3 is 10.1 Å². The van der Waals surface area contributed by atoms with Gasteiger partial charge in [0.15, 0.2) is 5.16 Å². The molecule has 1 heterocycles. The van der Waals surface area contributed by atoms with Crippen LogP contribution >= 0.6 is 11.8 Å². The first-order chi connectivity index (χ1) is 16.0. The highest BCUT2D eigenvalue weighted by molar-refractivity contribution is 8.00. The van der Waals surface area contributed by atoms with E-state index < -0.39 is 0 Å². The Hall–Kier alpha value is -2.64. The van der Waals surface area contributed by atoms with Crippen LogP contribution in [0.15, 0.2) is 64.5 Å². The minimum atomic E-state index is -0.379. The number of para-hydroxylation sites is 1. The summed E-state index contributed by atoms with van der Waals surface area (Å²) in [5.41, 5.74) is 1.83. The van der Waals surface area contributed by atoms with Gasteiger partial charge in [-0.05, 0) is 57.7 Å². The number of fused-ring (bicyclic) bond motifs is 1. The van der Waals surface area contributed by atoms with Crippen LogP contribution in [0.1, 0.15) is 39.2 Å². The fraction of sp³-hybridized carbons (Fsp3) is 0.423. The lowest BCUT2D eigenvalue weighted by atomic mass is 10.1. The third-order valence-corrected chi connectivity index (χ3v) is 6.54. The number of carbonyl (C=O) groups excluding carboxylic acids is 1. The molecule has 33 heavy (non-hydrogen) atoms. The third-order valence-electron chi connectivity index (χ3n) is 5.45. The maximum atomic E-state index is 13.1. The Morgan fingerprint density at radius 3 is 2.61 bits per heavy atom. The Labute approximate surface area is 199 Å². The molecule has 3 aromatic rings. The second kappa shape index (κ2) is 12.6. The molecule has 2 atom stereocenters. The highest BCUT2D eigenvalue weighted by Gasteiger charge is 2.20. The van der Waals surface area contributed by atoms with Crippen LogP contribution in [0, 0.1) is 0 Å². The van der Waals surface area contributed by atoms with Gasteiger partial charge in [0.05, 0.1) is 16.2 Å². The zero-order valence-electron chi connectivity index (χ0n) is 19.6. The SMILES string of the molecule is CCOCCCn1c(SC(C)C(=O)NC(C)CCc2ccccc2)nc2ccccc2c1=O. The summed E-state index contributed by atoms with van der Waals surface area (Å²) < 4.78 is 7.11. The van der Waals surface area contributed by atoms with Gasteiger partial charge >= 0.3 is 0 Å². The first kappa shape index (κ1) is 25.0. The molecule has 2 unspecified atom stereocenters. The van der Waals surface area contributed by atoms with Gasteiger partial charge in [-0.2, -0.15) is 0 Å². The molecule has 0 aliphatic heterocycles. The van der Waals surface area contributed by atoms with Crippen molar-refractivity contribution in [3.63, 3.8) is 0 Å². The summed E-state index contributed by atoms with van der Waals surface area (Å²) in [5.74, 6) is -0.0520.